The fraction of sp³-hybridized carbons (Fsp3) is 0.467. The van der Waals surface area contributed by atoms with Crippen molar-refractivity contribution in [3.63, 3.8) is 0 Å². The number of nitrogens with one attached hydrogen (secondary N) is 2. The summed E-state index contributed by atoms with van der Waals surface area (Å²) in [4.78, 5) is 14.1. The highest BCUT2D eigenvalue weighted by Crippen LogP contribution is 2.22. The normalized spacial score (nSPS) is 16.0. The van der Waals surface area contributed by atoms with Gasteiger partial charge >= 0.3 is 6.03 Å². The average molecular weight is 288 g/mol. The molecule has 1 aliphatic rings. The van der Waals surface area contributed by atoms with Gasteiger partial charge in [0.2, 0.25) is 0 Å². The number of piperidine rings is 1. The first-order valence-corrected chi connectivity index (χ1v) is 7.02. The molecule has 2 rings (SSSR count). The lowest BCUT2D eigenvalue weighted by molar-refractivity contribution is 0.211. The Kier molecular flexibility index (Phi) is 5.41. The summed E-state index contributed by atoms with van der Waals surface area (Å²) >= 11 is 0. The van der Waals surface area contributed by atoms with Crippen molar-refractivity contribution in [3.05, 3.63) is 24.3 Å². The number of benzene rings is 1. The molecular weight excluding hydrogens is 268 g/mol. The van der Waals surface area contributed by atoms with E-state index >= 15 is 0 Å². The fourth-order valence-electron chi connectivity index (χ4n) is 2.43. The van der Waals surface area contributed by atoms with Crippen LogP contribution in [0, 0.1) is 11.3 Å². The SMILES string of the molecule is COc1ccccc1NC(=O)NC1CCN(CC#N)CC1. The van der Waals surface area contributed by atoms with Gasteiger partial charge < -0.3 is 15.4 Å². The molecule has 0 spiro atoms. The van der Waals surface area contributed by atoms with Gasteiger partial charge in [-0.15, -0.1) is 0 Å². The van der Waals surface area contributed by atoms with Crippen LogP contribution in [0.3, 0.4) is 0 Å². The molecule has 2 amide bonds. The van der Waals surface area contributed by atoms with E-state index in [1.165, 1.54) is 0 Å². The van der Waals surface area contributed by atoms with E-state index in [1.54, 1.807) is 19.2 Å². The maximum Gasteiger partial charge on any atom is 0.319 e. The van der Waals surface area contributed by atoms with Gasteiger partial charge in [0.15, 0.2) is 0 Å². The molecule has 0 unspecified atom stereocenters. The van der Waals surface area contributed by atoms with Gasteiger partial charge in [0, 0.05) is 19.1 Å². The third-order valence-electron chi connectivity index (χ3n) is 3.57. The van der Waals surface area contributed by atoms with E-state index in [0.29, 0.717) is 18.0 Å². The Balaban J connectivity index is 1.82. The lowest BCUT2D eigenvalue weighted by Crippen LogP contribution is -2.46. The molecule has 112 valence electrons. The Hall–Kier alpha value is -2.26. The number of amides is 2. The number of para-hydroxylation sites is 2. The van der Waals surface area contributed by atoms with Gasteiger partial charge in [0.05, 0.1) is 25.4 Å². The van der Waals surface area contributed by atoms with Crippen molar-refractivity contribution in [2.75, 3.05) is 32.1 Å². The van der Waals surface area contributed by atoms with E-state index < -0.39 is 0 Å². The van der Waals surface area contributed by atoms with Crippen molar-refractivity contribution in [2.24, 2.45) is 0 Å². The molecule has 0 saturated carbocycles. The molecule has 1 aromatic rings. The number of ether oxygens (including phenoxy) is 1. The summed E-state index contributed by atoms with van der Waals surface area (Å²) in [5.74, 6) is 0.636. The molecule has 0 atom stereocenters. The van der Waals surface area contributed by atoms with Gasteiger partial charge in [-0.25, -0.2) is 4.79 Å². The zero-order chi connectivity index (χ0) is 15.1. The van der Waals surface area contributed by atoms with Crippen molar-refractivity contribution in [1.29, 1.82) is 5.26 Å². The third-order valence-corrected chi connectivity index (χ3v) is 3.57. The minimum atomic E-state index is -0.224. The van der Waals surface area contributed by atoms with Gasteiger partial charge in [0.25, 0.3) is 0 Å². The maximum absolute atomic E-state index is 12.0. The lowest BCUT2D eigenvalue weighted by Gasteiger charge is -2.30. The monoisotopic (exact) mass is 288 g/mol. The number of likely N-dealkylation sites (tertiary alicyclic amines) is 1. The molecule has 6 heteroatoms. The molecule has 0 radical (unpaired) electrons. The van der Waals surface area contributed by atoms with Gasteiger partial charge in [-0.05, 0) is 25.0 Å². The predicted molar refractivity (Wildman–Crippen MR) is 80.2 cm³/mol. The summed E-state index contributed by atoms with van der Waals surface area (Å²) in [6.45, 7) is 2.14. The quantitative estimate of drug-likeness (QED) is 0.828. The summed E-state index contributed by atoms with van der Waals surface area (Å²) in [5, 5.41) is 14.4. The van der Waals surface area contributed by atoms with Crippen molar-refractivity contribution >= 4 is 11.7 Å². The molecule has 0 bridgehead atoms. The van der Waals surface area contributed by atoms with Crippen LogP contribution in [0.1, 0.15) is 12.8 Å². The maximum atomic E-state index is 12.0. The highest BCUT2D eigenvalue weighted by Gasteiger charge is 2.20. The second-order valence-electron chi connectivity index (χ2n) is 5.01. The number of hydrogen-bond acceptors (Lipinski definition) is 4. The molecule has 0 aromatic heterocycles. The number of nitriles is 1. The number of carbonyl (C=O) groups is 1. The summed E-state index contributed by atoms with van der Waals surface area (Å²) in [6.07, 6.45) is 1.72. The first kappa shape index (κ1) is 15.1. The topological polar surface area (TPSA) is 77.4 Å². The Morgan fingerprint density at radius 3 is 2.81 bits per heavy atom. The molecular formula is C15H20N4O2. The standard InChI is InChI=1S/C15H20N4O2/c1-21-14-5-3-2-4-13(14)18-15(20)17-12-6-9-19(10-7-12)11-8-16/h2-5,12H,6-7,9-11H2,1H3,(H2,17,18,20). The van der Waals surface area contributed by atoms with Gasteiger partial charge in [-0.1, -0.05) is 12.1 Å². The number of methoxy groups -OCH3 is 1. The third kappa shape index (κ3) is 4.36. The van der Waals surface area contributed by atoms with Crippen LogP contribution in [0.15, 0.2) is 24.3 Å². The van der Waals surface area contributed by atoms with E-state index in [4.69, 9.17) is 10.00 Å². The van der Waals surface area contributed by atoms with Gasteiger partial charge in [0.1, 0.15) is 5.75 Å². The zero-order valence-corrected chi connectivity index (χ0v) is 12.1. The predicted octanol–water partition coefficient (Wildman–Crippen LogP) is 1.80. The molecule has 21 heavy (non-hydrogen) atoms. The first-order chi connectivity index (χ1) is 10.2. The lowest BCUT2D eigenvalue weighted by atomic mass is 10.1. The van der Waals surface area contributed by atoms with Crippen LogP contribution in [0.4, 0.5) is 10.5 Å². The molecule has 1 aromatic carbocycles. The Morgan fingerprint density at radius 2 is 2.14 bits per heavy atom. The Morgan fingerprint density at radius 1 is 1.43 bits per heavy atom. The van der Waals surface area contributed by atoms with E-state index in [1.807, 2.05) is 12.1 Å². The number of hydrogen-bond donors (Lipinski definition) is 2. The van der Waals surface area contributed by atoms with Crippen molar-refractivity contribution in [1.82, 2.24) is 10.2 Å². The van der Waals surface area contributed by atoms with Gasteiger partial charge in [-0.3, -0.25) is 4.90 Å². The second kappa shape index (κ2) is 7.50. The Bertz CT molecular complexity index is 519. The smallest absolute Gasteiger partial charge is 0.319 e. The number of carbonyl (C=O) groups excluding carboxylic acids is 1. The van der Waals surface area contributed by atoms with Crippen LogP contribution in [-0.2, 0) is 0 Å². The molecule has 1 saturated heterocycles. The Labute approximate surface area is 124 Å². The number of urea groups is 1. The fourth-order valence-corrected chi connectivity index (χ4v) is 2.43. The largest absolute Gasteiger partial charge is 0.495 e. The highest BCUT2D eigenvalue weighted by molar-refractivity contribution is 5.91. The van der Waals surface area contributed by atoms with Crippen molar-refractivity contribution in [2.45, 2.75) is 18.9 Å². The highest BCUT2D eigenvalue weighted by atomic mass is 16.5. The minimum Gasteiger partial charge on any atom is -0.495 e. The van der Waals surface area contributed by atoms with Crippen LogP contribution in [0.5, 0.6) is 5.75 Å². The van der Waals surface area contributed by atoms with Crippen LogP contribution >= 0.6 is 0 Å². The van der Waals surface area contributed by atoms with Crippen molar-refractivity contribution in [3.8, 4) is 11.8 Å². The molecule has 1 heterocycles. The molecule has 2 N–H and O–H groups in total. The first-order valence-electron chi connectivity index (χ1n) is 7.02. The zero-order valence-electron chi connectivity index (χ0n) is 12.1. The van der Waals surface area contributed by atoms with Crippen LogP contribution in [0.2, 0.25) is 0 Å². The average Bonchev–Trinajstić information content (AvgIpc) is 2.50. The summed E-state index contributed by atoms with van der Waals surface area (Å²) in [5.41, 5.74) is 0.652. The summed E-state index contributed by atoms with van der Waals surface area (Å²) < 4.78 is 5.20. The number of rotatable bonds is 4. The van der Waals surface area contributed by atoms with E-state index in [-0.39, 0.29) is 12.1 Å². The van der Waals surface area contributed by atoms with E-state index in [2.05, 4.69) is 21.6 Å². The van der Waals surface area contributed by atoms with E-state index in [9.17, 15) is 4.79 Å². The minimum absolute atomic E-state index is 0.148. The summed E-state index contributed by atoms with van der Waals surface area (Å²) in [7, 11) is 1.57. The second-order valence-corrected chi connectivity index (χ2v) is 5.01. The van der Waals surface area contributed by atoms with E-state index in [0.717, 1.165) is 25.9 Å². The number of nitrogens with zero attached hydrogens (tertiary/aromatic N) is 2. The molecule has 6 nitrogen and oxygen atoms in total. The molecule has 0 aliphatic carbocycles. The van der Waals surface area contributed by atoms with Crippen LogP contribution in [-0.4, -0.2) is 43.7 Å². The summed E-state index contributed by atoms with van der Waals surface area (Å²) in [6, 6.07) is 9.38. The number of anilines is 1. The van der Waals surface area contributed by atoms with Crippen LogP contribution < -0.4 is 15.4 Å². The van der Waals surface area contributed by atoms with Crippen molar-refractivity contribution < 1.29 is 9.53 Å². The van der Waals surface area contributed by atoms with Gasteiger partial charge in [-0.2, -0.15) is 5.26 Å². The van der Waals surface area contributed by atoms with Crippen LogP contribution in [0.25, 0.3) is 0 Å². The molecule has 1 fully saturated rings. The molecule has 1 aliphatic heterocycles.